The lowest BCUT2D eigenvalue weighted by molar-refractivity contribution is 0.0706. The van der Waals surface area contributed by atoms with E-state index in [1.54, 1.807) is 29.1 Å². The summed E-state index contributed by atoms with van der Waals surface area (Å²) in [6, 6.07) is 7.22. The average molecular weight is 375 g/mol. The van der Waals surface area contributed by atoms with Gasteiger partial charge in [0.25, 0.3) is 5.91 Å². The van der Waals surface area contributed by atoms with Gasteiger partial charge in [-0.05, 0) is 57.5 Å². The minimum atomic E-state index is -0.147. The van der Waals surface area contributed by atoms with Crippen molar-refractivity contribution >= 4 is 11.7 Å². The van der Waals surface area contributed by atoms with Crippen molar-refractivity contribution in [2.75, 3.05) is 5.32 Å². The van der Waals surface area contributed by atoms with E-state index in [9.17, 15) is 4.79 Å². The van der Waals surface area contributed by atoms with Crippen LogP contribution in [-0.2, 0) is 13.6 Å². The molecule has 1 aromatic carbocycles. The highest BCUT2D eigenvalue weighted by molar-refractivity contribution is 5.95. The van der Waals surface area contributed by atoms with Gasteiger partial charge in [-0.2, -0.15) is 10.4 Å². The fourth-order valence-electron chi connectivity index (χ4n) is 3.31. The summed E-state index contributed by atoms with van der Waals surface area (Å²) in [4.78, 5) is 15.2. The van der Waals surface area contributed by atoms with Crippen molar-refractivity contribution in [2.24, 2.45) is 7.05 Å². The fourth-order valence-corrected chi connectivity index (χ4v) is 3.31. The molecule has 0 bridgehead atoms. The maximum Gasteiger partial charge on any atom is 0.254 e. The molecule has 1 aromatic heterocycles. The monoisotopic (exact) mass is 375 g/mol. The second kappa shape index (κ2) is 7.73. The smallest absolute Gasteiger partial charge is 0.254 e. The van der Waals surface area contributed by atoms with Crippen LogP contribution in [0, 0.1) is 18.3 Å². The molecule has 28 heavy (non-hydrogen) atoms. The van der Waals surface area contributed by atoms with Crippen LogP contribution < -0.4 is 5.32 Å². The van der Waals surface area contributed by atoms with Crippen LogP contribution in [0.25, 0.3) is 0 Å². The molecule has 1 N–H and O–H groups in total. The lowest BCUT2D eigenvalue weighted by Gasteiger charge is -2.29. The van der Waals surface area contributed by atoms with Gasteiger partial charge in [-0.1, -0.05) is 11.6 Å². The van der Waals surface area contributed by atoms with E-state index in [1.165, 1.54) is 0 Å². The summed E-state index contributed by atoms with van der Waals surface area (Å²) in [6.07, 6.45) is 5.90. The Labute approximate surface area is 165 Å². The maximum atomic E-state index is 13.4. The molecule has 0 aliphatic carbocycles. The number of fused-ring (bicyclic) bond motifs is 1. The van der Waals surface area contributed by atoms with Crippen LogP contribution in [0.3, 0.4) is 0 Å². The first-order valence-corrected chi connectivity index (χ1v) is 9.29. The molecular weight excluding hydrogens is 350 g/mol. The third-order valence-electron chi connectivity index (χ3n) is 5.23. The number of nitriles is 1. The van der Waals surface area contributed by atoms with Gasteiger partial charge < -0.3 is 10.2 Å². The Balaban J connectivity index is 2.05. The molecule has 144 valence electrons. The maximum absolute atomic E-state index is 13.4. The molecule has 6 nitrogen and oxygen atoms in total. The highest BCUT2D eigenvalue weighted by atomic mass is 16.2. The molecule has 2 heterocycles. The van der Waals surface area contributed by atoms with Gasteiger partial charge in [-0.3, -0.25) is 9.48 Å². The quantitative estimate of drug-likeness (QED) is 0.864. The summed E-state index contributed by atoms with van der Waals surface area (Å²) < 4.78 is 1.79. The van der Waals surface area contributed by atoms with Gasteiger partial charge in [-0.15, -0.1) is 0 Å². The summed E-state index contributed by atoms with van der Waals surface area (Å²) in [5.74, 6) is 0.830. The number of nitrogens with zero attached hydrogens (tertiary/aromatic N) is 4. The van der Waals surface area contributed by atoms with Crippen molar-refractivity contribution in [1.82, 2.24) is 14.7 Å². The number of aryl methyl sites for hydroxylation is 2. The van der Waals surface area contributed by atoms with Gasteiger partial charge in [0.05, 0.1) is 30.4 Å². The molecular formula is C22H25N5O. The minimum absolute atomic E-state index is 0.0670. The Morgan fingerprint density at radius 1 is 1.43 bits per heavy atom. The number of amides is 1. The van der Waals surface area contributed by atoms with E-state index in [-0.39, 0.29) is 11.9 Å². The van der Waals surface area contributed by atoms with Crippen LogP contribution in [0.5, 0.6) is 0 Å². The van der Waals surface area contributed by atoms with E-state index in [0.29, 0.717) is 17.7 Å². The first kappa shape index (κ1) is 19.4. The molecule has 0 saturated carbocycles. The molecule has 1 amide bonds. The van der Waals surface area contributed by atoms with Gasteiger partial charge in [0.1, 0.15) is 5.82 Å². The van der Waals surface area contributed by atoms with Gasteiger partial charge in [-0.25, -0.2) is 0 Å². The number of rotatable bonds is 2. The van der Waals surface area contributed by atoms with Crippen LogP contribution in [-0.4, -0.2) is 26.6 Å². The standard InChI is InChI=1S/C22H25N5O/c1-6-14(2)9-20-16(4)27(13-19-12-24-26(5)21(19)25-20)22(28)17-7-8-18(11-23)15(3)10-17/h6-10,12,16,25H,13H2,1-5H3/b14-6-,20-9+. The molecule has 1 atom stereocenters. The van der Waals surface area contributed by atoms with Gasteiger partial charge in [0.2, 0.25) is 0 Å². The number of hydrogen-bond acceptors (Lipinski definition) is 4. The first-order valence-electron chi connectivity index (χ1n) is 9.29. The third-order valence-corrected chi connectivity index (χ3v) is 5.23. The van der Waals surface area contributed by atoms with Gasteiger partial charge >= 0.3 is 0 Å². The highest BCUT2D eigenvalue weighted by Gasteiger charge is 2.30. The number of benzene rings is 1. The third kappa shape index (κ3) is 3.56. The zero-order valence-electron chi connectivity index (χ0n) is 16.9. The Bertz CT molecular complexity index is 1020. The van der Waals surface area contributed by atoms with Crippen molar-refractivity contribution < 1.29 is 4.79 Å². The summed E-state index contributed by atoms with van der Waals surface area (Å²) in [5.41, 5.74) is 4.99. The number of carbonyl (C=O) groups excluding carboxylic acids is 1. The SMILES string of the molecule is C/C=C(C)\C=C1\Nc2c(cnn2C)CN(C(=O)c2ccc(C#N)c(C)c2)C1C. The Hall–Kier alpha value is -3.33. The molecule has 0 saturated heterocycles. The van der Waals surface area contributed by atoms with Gasteiger partial charge in [0, 0.05) is 23.9 Å². The second-order valence-electron chi connectivity index (χ2n) is 7.15. The van der Waals surface area contributed by atoms with E-state index in [4.69, 9.17) is 5.26 Å². The number of hydrogen-bond donors (Lipinski definition) is 1. The fraction of sp³-hybridized carbons (Fsp3) is 0.318. The summed E-state index contributed by atoms with van der Waals surface area (Å²) in [6.45, 7) is 8.36. The number of aromatic nitrogens is 2. The zero-order chi connectivity index (χ0) is 20.4. The summed E-state index contributed by atoms with van der Waals surface area (Å²) in [5, 5.41) is 17.0. The molecule has 1 unspecified atom stereocenters. The normalized spacial score (nSPS) is 18.3. The average Bonchev–Trinajstić information content (AvgIpc) is 2.96. The van der Waals surface area contributed by atoms with E-state index in [1.807, 2.05) is 45.7 Å². The lowest BCUT2D eigenvalue weighted by Crippen LogP contribution is -2.39. The van der Waals surface area contributed by atoms with Crippen molar-refractivity contribution in [1.29, 1.82) is 5.26 Å². The molecule has 0 fully saturated rings. The van der Waals surface area contributed by atoms with Crippen LogP contribution in [0.2, 0.25) is 0 Å². The van der Waals surface area contributed by atoms with Gasteiger partial charge in [0.15, 0.2) is 0 Å². The largest absolute Gasteiger partial charge is 0.342 e. The zero-order valence-corrected chi connectivity index (χ0v) is 16.9. The van der Waals surface area contributed by atoms with Crippen molar-refractivity contribution in [3.8, 4) is 6.07 Å². The first-order chi connectivity index (χ1) is 13.3. The predicted octanol–water partition coefficient (Wildman–Crippen LogP) is 3.91. The molecule has 1 aliphatic rings. The van der Waals surface area contributed by atoms with Crippen LogP contribution in [0.4, 0.5) is 5.82 Å². The van der Waals surface area contributed by atoms with Crippen molar-refractivity contribution in [3.63, 3.8) is 0 Å². The molecule has 0 spiro atoms. The van der Waals surface area contributed by atoms with Crippen molar-refractivity contribution in [3.05, 3.63) is 70.1 Å². The highest BCUT2D eigenvalue weighted by Crippen LogP contribution is 2.29. The molecule has 2 aromatic rings. The number of nitrogens with one attached hydrogen (secondary N) is 1. The summed E-state index contributed by atoms with van der Waals surface area (Å²) in [7, 11) is 1.89. The Morgan fingerprint density at radius 3 is 2.82 bits per heavy atom. The van der Waals surface area contributed by atoms with Crippen LogP contribution in [0.1, 0.15) is 47.8 Å². The van der Waals surface area contributed by atoms with E-state index >= 15 is 0 Å². The minimum Gasteiger partial charge on any atom is -0.342 e. The number of allylic oxidation sites excluding steroid dienone is 3. The Kier molecular flexibility index (Phi) is 5.36. The second-order valence-corrected chi connectivity index (χ2v) is 7.15. The molecule has 6 heteroatoms. The lowest BCUT2D eigenvalue weighted by atomic mass is 10.0. The van der Waals surface area contributed by atoms with E-state index in [2.05, 4.69) is 22.6 Å². The molecule has 1 aliphatic heterocycles. The number of anilines is 1. The predicted molar refractivity (Wildman–Crippen MR) is 110 cm³/mol. The van der Waals surface area contributed by atoms with Crippen LogP contribution >= 0.6 is 0 Å². The summed E-state index contributed by atoms with van der Waals surface area (Å²) >= 11 is 0. The Morgan fingerprint density at radius 2 is 2.18 bits per heavy atom. The number of carbonyl (C=O) groups is 1. The van der Waals surface area contributed by atoms with Crippen LogP contribution in [0.15, 0.2) is 47.8 Å². The topological polar surface area (TPSA) is 74.0 Å². The molecule has 3 rings (SSSR count). The van der Waals surface area contributed by atoms with Crippen molar-refractivity contribution in [2.45, 2.75) is 40.3 Å². The molecule has 0 radical (unpaired) electrons. The van der Waals surface area contributed by atoms with E-state index in [0.717, 1.165) is 28.2 Å². The van der Waals surface area contributed by atoms with E-state index < -0.39 is 0 Å².